The van der Waals surface area contributed by atoms with Gasteiger partial charge < -0.3 is 0 Å². The Morgan fingerprint density at radius 2 is 1.86 bits per heavy atom. The molecule has 0 aliphatic rings. The van der Waals surface area contributed by atoms with E-state index in [9.17, 15) is 5.26 Å². The molecule has 0 aliphatic carbocycles. The van der Waals surface area contributed by atoms with E-state index in [4.69, 9.17) is 0 Å². The summed E-state index contributed by atoms with van der Waals surface area (Å²) in [4.78, 5) is 0. The second-order valence-electron chi connectivity index (χ2n) is 5.36. The lowest BCUT2D eigenvalue weighted by Crippen LogP contribution is -2.06. The zero-order valence-electron chi connectivity index (χ0n) is 12.6. The van der Waals surface area contributed by atoms with E-state index >= 15 is 0 Å². The standard InChI is InChI=1S/C18H16N4/c1-13-8-9-17(14(2)10-13)22-18(16(12-19)20-21-22)11-15-6-4-3-5-7-15/h3-10H,11H2,1-2H3. The maximum absolute atomic E-state index is 9.30. The van der Waals surface area contributed by atoms with Crippen molar-refractivity contribution in [2.75, 3.05) is 0 Å². The fourth-order valence-electron chi connectivity index (χ4n) is 2.57. The summed E-state index contributed by atoms with van der Waals surface area (Å²) in [6.45, 7) is 4.10. The molecular formula is C18H16N4. The van der Waals surface area contributed by atoms with Crippen LogP contribution in [-0.2, 0) is 6.42 Å². The van der Waals surface area contributed by atoms with E-state index in [1.807, 2.05) is 49.4 Å². The Kier molecular flexibility index (Phi) is 3.71. The van der Waals surface area contributed by atoms with Crippen LogP contribution < -0.4 is 0 Å². The third-order valence-electron chi connectivity index (χ3n) is 3.66. The number of nitriles is 1. The Balaban J connectivity index is 2.09. The van der Waals surface area contributed by atoms with E-state index < -0.39 is 0 Å². The van der Waals surface area contributed by atoms with Crippen molar-refractivity contribution in [1.82, 2.24) is 15.0 Å². The van der Waals surface area contributed by atoms with Crippen molar-refractivity contribution in [3.05, 3.63) is 76.6 Å². The van der Waals surface area contributed by atoms with Gasteiger partial charge in [-0.1, -0.05) is 53.2 Å². The van der Waals surface area contributed by atoms with Gasteiger partial charge in [0.2, 0.25) is 0 Å². The first-order valence-corrected chi connectivity index (χ1v) is 7.15. The van der Waals surface area contributed by atoms with Crippen LogP contribution in [0.25, 0.3) is 5.69 Å². The first kappa shape index (κ1) is 14.0. The van der Waals surface area contributed by atoms with E-state index in [0.717, 1.165) is 22.5 Å². The van der Waals surface area contributed by atoms with Crippen LogP contribution in [0.3, 0.4) is 0 Å². The van der Waals surface area contributed by atoms with Crippen molar-refractivity contribution >= 4 is 0 Å². The average Bonchev–Trinajstić information content (AvgIpc) is 2.91. The van der Waals surface area contributed by atoms with Crippen LogP contribution >= 0.6 is 0 Å². The minimum absolute atomic E-state index is 0.379. The molecule has 0 saturated carbocycles. The SMILES string of the molecule is Cc1ccc(-n2nnc(C#N)c2Cc2ccccc2)c(C)c1. The minimum atomic E-state index is 0.379. The molecule has 0 saturated heterocycles. The maximum atomic E-state index is 9.30. The topological polar surface area (TPSA) is 54.5 Å². The van der Waals surface area contributed by atoms with Crippen molar-refractivity contribution in [3.8, 4) is 11.8 Å². The molecule has 108 valence electrons. The second-order valence-corrected chi connectivity index (χ2v) is 5.36. The van der Waals surface area contributed by atoms with Gasteiger partial charge in [0.15, 0.2) is 5.69 Å². The third kappa shape index (κ3) is 2.61. The number of hydrogen-bond acceptors (Lipinski definition) is 3. The summed E-state index contributed by atoms with van der Waals surface area (Å²) in [5, 5.41) is 17.5. The van der Waals surface area contributed by atoms with Gasteiger partial charge in [0.1, 0.15) is 6.07 Å². The van der Waals surface area contributed by atoms with Gasteiger partial charge in [0, 0.05) is 6.42 Å². The number of nitrogens with zero attached hydrogens (tertiary/aromatic N) is 4. The van der Waals surface area contributed by atoms with Crippen LogP contribution in [0.15, 0.2) is 48.5 Å². The quantitative estimate of drug-likeness (QED) is 0.742. The highest BCUT2D eigenvalue weighted by Crippen LogP contribution is 2.20. The highest BCUT2D eigenvalue weighted by Gasteiger charge is 2.15. The van der Waals surface area contributed by atoms with E-state index in [1.54, 1.807) is 4.68 Å². The summed E-state index contributed by atoms with van der Waals surface area (Å²) < 4.78 is 1.78. The van der Waals surface area contributed by atoms with Crippen LogP contribution in [0.2, 0.25) is 0 Å². The number of benzene rings is 2. The molecule has 0 atom stereocenters. The molecule has 4 nitrogen and oxygen atoms in total. The molecule has 22 heavy (non-hydrogen) atoms. The average molecular weight is 288 g/mol. The van der Waals surface area contributed by atoms with Crippen molar-refractivity contribution < 1.29 is 0 Å². The molecule has 4 heteroatoms. The molecule has 0 bridgehead atoms. The Morgan fingerprint density at radius 1 is 1.09 bits per heavy atom. The summed E-state index contributed by atoms with van der Waals surface area (Å²) in [5.41, 5.74) is 5.61. The molecule has 1 aromatic heterocycles. The van der Waals surface area contributed by atoms with Crippen LogP contribution in [-0.4, -0.2) is 15.0 Å². The molecule has 0 radical (unpaired) electrons. The smallest absolute Gasteiger partial charge is 0.186 e. The van der Waals surface area contributed by atoms with Crippen LogP contribution in [0.1, 0.15) is 28.1 Å². The molecular weight excluding hydrogens is 272 g/mol. The Hall–Kier alpha value is -2.93. The predicted molar refractivity (Wildman–Crippen MR) is 84.8 cm³/mol. The molecule has 3 aromatic rings. The lowest BCUT2D eigenvalue weighted by Gasteiger charge is -2.10. The maximum Gasteiger partial charge on any atom is 0.186 e. The molecule has 0 fully saturated rings. The number of rotatable bonds is 3. The van der Waals surface area contributed by atoms with E-state index in [0.29, 0.717) is 12.1 Å². The van der Waals surface area contributed by atoms with Gasteiger partial charge in [-0.25, -0.2) is 4.68 Å². The number of aromatic nitrogens is 3. The largest absolute Gasteiger partial charge is 0.216 e. The minimum Gasteiger partial charge on any atom is -0.216 e. The lowest BCUT2D eigenvalue weighted by atomic mass is 10.1. The summed E-state index contributed by atoms with van der Waals surface area (Å²) >= 11 is 0. The summed E-state index contributed by atoms with van der Waals surface area (Å²) in [6.07, 6.45) is 0.629. The second kappa shape index (κ2) is 5.82. The van der Waals surface area contributed by atoms with Crippen LogP contribution in [0.4, 0.5) is 0 Å². The summed E-state index contributed by atoms with van der Waals surface area (Å²) in [5.74, 6) is 0. The van der Waals surface area contributed by atoms with E-state index in [1.165, 1.54) is 5.56 Å². The van der Waals surface area contributed by atoms with Crippen molar-refractivity contribution in [2.24, 2.45) is 0 Å². The van der Waals surface area contributed by atoms with Gasteiger partial charge in [-0.3, -0.25) is 0 Å². The van der Waals surface area contributed by atoms with E-state index in [-0.39, 0.29) is 0 Å². The van der Waals surface area contributed by atoms with Crippen molar-refractivity contribution in [1.29, 1.82) is 5.26 Å². The predicted octanol–water partition coefficient (Wildman–Crippen LogP) is 3.35. The van der Waals surface area contributed by atoms with E-state index in [2.05, 4.69) is 29.4 Å². The lowest BCUT2D eigenvalue weighted by molar-refractivity contribution is 0.768. The van der Waals surface area contributed by atoms with Gasteiger partial charge in [0.25, 0.3) is 0 Å². The number of hydrogen-bond donors (Lipinski definition) is 0. The highest BCUT2D eigenvalue weighted by molar-refractivity contribution is 5.45. The Labute approximate surface area is 129 Å². The van der Waals surface area contributed by atoms with Crippen LogP contribution in [0.5, 0.6) is 0 Å². The van der Waals surface area contributed by atoms with Crippen LogP contribution in [0, 0.1) is 25.2 Å². The zero-order chi connectivity index (χ0) is 15.5. The first-order chi connectivity index (χ1) is 10.7. The van der Waals surface area contributed by atoms with Gasteiger partial charge in [0.05, 0.1) is 11.4 Å². The van der Waals surface area contributed by atoms with Gasteiger partial charge >= 0.3 is 0 Å². The number of aryl methyl sites for hydroxylation is 2. The van der Waals surface area contributed by atoms with Gasteiger partial charge in [-0.05, 0) is 31.0 Å². The summed E-state index contributed by atoms with van der Waals surface area (Å²) in [6, 6.07) is 18.4. The first-order valence-electron chi connectivity index (χ1n) is 7.15. The highest BCUT2D eigenvalue weighted by atomic mass is 15.4. The summed E-state index contributed by atoms with van der Waals surface area (Å²) in [7, 11) is 0. The van der Waals surface area contributed by atoms with Crippen molar-refractivity contribution in [2.45, 2.75) is 20.3 Å². The molecule has 0 spiro atoms. The molecule has 1 heterocycles. The molecule has 0 aliphatic heterocycles. The normalized spacial score (nSPS) is 10.4. The fourth-order valence-corrected chi connectivity index (χ4v) is 2.57. The monoisotopic (exact) mass is 288 g/mol. The molecule has 2 aromatic carbocycles. The van der Waals surface area contributed by atoms with Crippen molar-refractivity contribution in [3.63, 3.8) is 0 Å². The van der Waals surface area contributed by atoms with Gasteiger partial charge in [-0.15, -0.1) is 5.10 Å². The molecule has 0 N–H and O–H groups in total. The third-order valence-corrected chi connectivity index (χ3v) is 3.66. The molecule has 0 amide bonds. The fraction of sp³-hybridized carbons (Fsp3) is 0.167. The zero-order valence-corrected chi connectivity index (χ0v) is 12.6. The van der Waals surface area contributed by atoms with Gasteiger partial charge in [-0.2, -0.15) is 5.26 Å². The molecule has 3 rings (SSSR count). The molecule has 0 unspecified atom stereocenters. The Morgan fingerprint density at radius 3 is 2.55 bits per heavy atom. The Bertz CT molecular complexity index is 841.